The van der Waals surface area contributed by atoms with Crippen LogP contribution in [-0.4, -0.2) is 25.4 Å². The van der Waals surface area contributed by atoms with E-state index >= 15 is 0 Å². The van der Waals surface area contributed by atoms with Crippen LogP contribution in [0.3, 0.4) is 0 Å². The number of benzene rings is 1. The molecule has 1 aliphatic rings. The third-order valence-electron chi connectivity index (χ3n) is 3.58. The molecule has 3 nitrogen and oxygen atoms in total. The number of nitrogens with two attached hydrogens (primary N) is 1. The molecule has 2 N–H and O–H groups in total. The lowest BCUT2D eigenvalue weighted by molar-refractivity contribution is -0.709. The van der Waals surface area contributed by atoms with Crippen LogP contribution in [0.25, 0.3) is 0 Å². The van der Waals surface area contributed by atoms with Crippen LogP contribution in [-0.2, 0) is 11.3 Å². The largest absolute Gasteiger partial charge is 0.497 e. The maximum absolute atomic E-state index is 5.74. The van der Waals surface area contributed by atoms with Crippen molar-refractivity contribution in [2.24, 2.45) is 0 Å². The molecular weight excluding hydrogens is 226 g/mol. The van der Waals surface area contributed by atoms with Crippen molar-refractivity contribution in [3.05, 3.63) is 29.8 Å². The maximum Gasteiger partial charge on any atom is 0.118 e. The Morgan fingerprint density at radius 1 is 1.33 bits per heavy atom. The first-order chi connectivity index (χ1) is 8.59. The van der Waals surface area contributed by atoms with Crippen molar-refractivity contribution in [3.8, 4) is 5.75 Å². The Labute approximate surface area is 109 Å². The van der Waals surface area contributed by atoms with Crippen molar-refractivity contribution in [2.75, 3.05) is 13.7 Å². The molecule has 0 amide bonds. The monoisotopic (exact) mass is 250 g/mol. The summed E-state index contributed by atoms with van der Waals surface area (Å²) < 4.78 is 10.9. The summed E-state index contributed by atoms with van der Waals surface area (Å²) in [7, 11) is 1.70. The van der Waals surface area contributed by atoms with Gasteiger partial charge in [-0.1, -0.05) is 0 Å². The highest BCUT2D eigenvalue weighted by Gasteiger charge is 2.30. The molecule has 18 heavy (non-hydrogen) atoms. The predicted molar refractivity (Wildman–Crippen MR) is 71.7 cm³/mol. The second kappa shape index (κ2) is 5.72. The molecule has 1 saturated heterocycles. The molecule has 0 radical (unpaired) electrons. The zero-order valence-corrected chi connectivity index (χ0v) is 11.6. The first kappa shape index (κ1) is 13.4. The van der Waals surface area contributed by atoms with Gasteiger partial charge in [-0.2, -0.15) is 0 Å². The van der Waals surface area contributed by atoms with Crippen molar-refractivity contribution in [2.45, 2.75) is 44.9 Å². The van der Waals surface area contributed by atoms with Gasteiger partial charge >= 0.3 is 0 Å². The van der Waals surface area contributed by atoms with Gasteiger partial charge in [0.1, 0.15) is 12.3 Å². The van der Waals surface area contributed by atoms with E-state index in [4.69, 9.17) is 9.47 Å². The van der Waals surface area contributed by atoms with E-state index in [1.54, 1.807) is 7.11 Å². The van der Waals surface area contributed by atoms with Crippen LogP contribution in [0.2, 0.25) is 0 Å². The molecule has 1 aromatic carbocycles. The predicted octanol–water partition coefficient (Wildman–Crippen LogP) is 1.72. The molecule has 2 rings (SSSR count). The molecule has 1 atom stereocenters. The van der Waals surface area contributed by atoms with Gasteiger partial charge in [0.25, 0.3) is 0 Å². The SMILES string of the molecule is COc1ccc(C[NH2+][C@H]2CCOC(C)(C)C2)cc1. The number of hydrogen-bond donors (Lipinski definition) is 1. The molecule has 100 valence electrons. The van der Waals surface area contributed by atoms with Crippen LogP contribution < -0.4 is 10.1 Å². The molecule has 0 aromatic heterocycles. The summed E-state index contributed by atoms with van der Waals surface area (Å²) in [6.45, 7) is 6.28. The highest BCUT2D eigenvalue weighted by molar-refractivity contribution is 5.26. The van der Waals surface area contributed by atoms with Crippen LogP contribution in [0.1, 0.15) is 32.3 Å². The Hall–Kier alpha value is -1.06. The molecule has 0 bridgehead atoms. The van der Waals surface area contributed by atoms with E-state index in [0.29, 0.717) is 6.04 Å². The first-order valence-corrected chi connectivity index (χ1v) is 6.69. The van der Waals surface area contributed by atoms with Gasteiger partial charge in [0.05, 0.1) is 25.4 Å². The van der Waals surface area contributed by atoms with Crippen LogP contribution >= 0.6 is 0 Å². The second-order valence-electron chi connectivity index (χ2n) is 5.65. The molecule has 1 heterocycles. The minimum absolute atomic E-state index is 0.0410. The van der Waals surface area contributed by atoms with Gasteiger partial charge in [0.2, 0.25) is 0 Å². The Bertz CT molecular complexity index is 373. The number of ether oxygens (including phenoxy) is 2. The Balaban J connectivity index is 1.83. The number of quaternary nitrogens is 1. The molecular formula is C15H24NO2+. The van der Waals surface area contributed by atoms with E-state index in [1.165, 1.54) is 5.56 Å². The van der Waals surface area contributed by atoms with E-state index in [1.807, 2.05) is 12.1 Å². The van der Waals surface area contributed by atoms with Crippen LogP contribution in [0.15, 0.2) is 24.3 Å². The van der Waals surface area contributed by atoms with Gasteiger partial charge in [0.15, 0.2) is 0 Å². The van der Waals surface area contributed by atoms with Gasteiger partial charge < -0.3 is 14.8 Å². The first-order valence-electron chi connectivity index (χ1n) is 6.69. The normalized spacial score (nSPS) is 22.7. The fraction of sp³-hybridized carbons (Fsp3) is 0.600. The zero-order valence-electron chi connectivity index (χ0n) is 11.6. The van der Waals surface area contributed by atoms with E-state index in [-0.39, 0.29) is 5.60 Å². The Kier molecular flexibility index (Phi) is 4.25. The van der Waals surface area contributed by atoms with Gasteiger partial charge in [-0.15, -0.1) is 0 Å². The van der Waals surface area contributed by atoms with E-state index in [0.717, 1.165) is 31.7 Å². The fourth-order valence-electron chi connectivity index (χ4n) is 2.54. The van der Waals surface area contributed by atoms with Gasteiger partial charge in [-0.25, -0.2) is 0 Å². The van der Waals surface area contributed by atoms with Gasteiger partial charge in [-0.05, 0) is 38.1 Å². The number of rotatable bonds is 4. The van der Waals surface area contributed by atoms with Crippen molar-refractivity contribution >= 4 is 0 Å². The molecule has 0 saturated carbocycles. The topological polar surface area (TPSA) is 35.1 Å². The van der Waals surface area contributed by atoms with Crippen LogP contribution in [0.4, 0.5) is 0 Å². The lowest BCUT2D eigenvalue weighted by Gasteiger charge is -2.34. The molecule has 1 aromatic rings. The van der Waals surface area contributed by atoms with Gasteiger partial charge in [-0.3, -0.25) is 0 Å². The minimum atomic E-state index is 0.0410. The molecule has 0 spiro atoms. The summed E-state index contributed by atoms with van der Waals surface area (Å²) in [5.74, 6) is 0.922. The summed E-state index contributed by atoms with van der Waals surface area (Å²) in [6.07, 6.45) is 2.28. The summed E-state index contributed by atoms with van der Waals surface area (Å²) in [4.78, 5) is 0. The molecule has 1 fully saturated rings. The smallest absolute Gasteiger partial charge is 0.118 e. The number of methoxy groups -OCH3 is 1. The van der Waals surface area contributed by atoms with E-state index in [2.05, 4.69) is 31.3 Å². The summed E-state index contributed by atoms with van der Waals surface area (Å²) >= 11 is 0. The third-order valence-corrected chi connectivity index (χ3v) is 3.58. The molecule has 0 unspecified atom stereocenters. The van der Waals surface area contributed by atoms with Crippen molar-refractivity contribution < 1.29 is 14.8 Å². The van der Waals surface area contributed by atoms with Crippen LogP contribution in [0.5, 0.6) is 5.75 Å². The molecule has 1 aliphatic heterocycles. The minimum Gasteiger partial charge on any atom is -0.497 e. The van der Waals surface area contributed by atoms with Crippen molar-refractivity contribution in [3.63, 3.8) is 0 Å². The summed E-state index contributed by atoms with van der Waals surface area (Å²) in [6, 6.07) is 9.00. The zero-order chi connectivity index (χ0) is 13.0. The Morgan fingerprint density at radius 3 is 2.67 bits per heavy atom. The van der Waals surface area contributed by atoms with E-state index < -0.39 is 0 Å². The van der Waals surface area contributed by atoms with E-state index in [9.17, 15) is 0 Å². The van der Waals surface area contributed by atoms with Crippen molar-refractivity contribution in [1.29, 1.82) is 0 Å². The lowest BCUT2D eigenvalue weighted by Crippen LogP contribution is -2.89. The average Bonchev–Trinajstić information content (AvgIpc) is 2.36. The standard InChI is InChI=1S/C15H23NO2/c1-15(2)10-13(8-9-18-15)16-11-12-4-6-14(17-3)7-5-12/h4-7,13,16H,8-11H2,1-3H3/p+1/t13-/m0/s1. The molecule has 3 heteroatoms. The van der Waals surface area contributed by atoms with Crippen LogP contribution in [0, 0.1) is 0 Å². The summed E-state index contributed by atoms with van der Waals surface area (Å²) in [5.41, 5.74) is 1.39. The highest BCUT2D eigenvalue weighted by atomic mass is 16.5. The highest BCUT2D eigenvalue weighted by Crippen LogP contribution is 2.22. The third kappa shape index (κ3) is 3.72. The Morgan fingerprint density at radius 2 is 2.06 bits per heavy atom. The lowest BCUT2D eigenvalue weighted by atomic mass is 9.94. The summed E-state index contributed by atoms with van der Waals surface area (Å²) in [5, 5.41) is 2.44. The van der Waals surface area contributed by atoms with Crippen molar-refractivity contribution in [1.82, 2.24) is 0 Å². The molecule has 0 aliphatic carbocycles. The average molecular weight is 250 g/mol. The van der Waals surface area contributed by atoms with Gasteiger partial charge in [0, 0.05) is 18.4 Å². The maximum atomic E-state index is 5.74. The fourth-order valence-corrected chi connectivity index (χ4v) is 2.54. The quantitative estimate of drug-likeness (QED) is 0.883. The second-order valence-corrected chi connectivity index (χ2v) is 5.65. The number of hydrogen-bond acceptors (Lipinski definition) is 2.